The number of fused-ring (bicyclic) bond motifs is 1. The van der Waals surface area contributed by atoms with Gasteiger partial charge in [-0.05, 0) is 73.3 Å². The van der Waals surface area contributed by atoms with Gasteiger partial charge in [-0.1, -0.05) is 6.07 Å². The third kappa shape index (κ3) is 4.02. The first-order valence-electron chi connectivity index (χ1n) is 10.9. The molecule has 2 saturated heterocycles. The Hall–Kier alpha value is -2.93. The van der Waals surface area contributed by atoms with Crippen LogP contribution in [0.15, 0.2) is 42.5 Å². The number of anilines is 1. The van der Waals surface area contributed by atoms with Gasteiger partial charge in [0, 0.05) is 49.4 Å². The maximum Gasteiger partial charge on any atom is 0.322 e. The monoisotopic (exact) mass is 422 g/mol. The summed E-state index contributed by atoms with van der Waals surface area (Å²) in [6.45, 7) is 4.50. The summed E-state index contributed by atoms with van der Waals surface area (Å²) >= 11 is 0. The van der Waals surface area contributed by atoms with Crippen molar-refractivity contribution in [1.82, 2.24) is 15.1 Å². The molecule has 3 amide bonds. The van der Waals surface area contributed by atoms with Crippen molar-refractivity contribution >= 4 is 17.6 Å². The number of benzene rings is 2. The topological polar surface area (TPSA) is 64.7 Å². The van der Waals surface area contributed by atoms with E-state index in [1.807, 2.05) is 4.90 Å². The molecule has 3 aliphatic heterocycles. The van der Waals surface area contributed by atoms with Gasteiger partial charge < -0.3 is 20.4 Å². The minimum Gasteiger partial charge on any atom is -0.338 e. The van der Waals surface area contributed by atoms with Crippen LogP contribution in [0.25, 0.3) is 0 Å². The summed E-state index contributed by atoms with van der Waals surface area (Å²) in [5, 5.41) is 6.32. The van der Waals surface area contributed by atoms with E-state index < -0.39 is 0 Å². The van der Waals surface area contributed by atoms with Crippen LogP contribution < -0.4 is 10.6 Å². The van der Waals surface area contributed by atoms with Crippen LogP contribution in [0.3, 0.4) is 0 Å². The molecule has 1 atom stereocenters. The van der Waals surface area contributed by atoms with E-state index in [-0.39, 0.29) is 23.2 Å². The fourth-order valence-corrected chi connectivity index (χ4v) is 5.11. The smallest absolute Gasteiger partial charge is 0.322 e. The number of urea groups is 1. The number of hydrogen-bond acceptors (Lipinski definition) is 3. The maximum absolute atomic E-state index is 13.4. The van der Waals surface area contributed by atoms with Gasteiger partial charge in [0.25, 0.3) is 5.91 Å². The SMILES string of the molecule is O=C(Nc1ccc(C(=O)N2CCCC3(CCNC3)C2)cc1)N1Cc2ccc(F)cc2C1. The molecule has 2 aromatic rings. The van der Waals surface area contributed by atoms with E-state index in [2.05, 4.69) is 10.6 Å². The van der Waals surface area contributed by atoms with E-state index in [1.165, 1.54) is 18.6 Å². The molecule has 0 saturated carbocycles. The second-order valence-electron chi connectivity index (χ2n) is 9.03. The predicted molar refractivity (Wildman–Crippen MR) is 116 cm³/mol. The van der Waals surface area contributed by atoms with E-state index in [0.29, 0.717) is 24.3 Å². The van der Waals surface area contributed by atoms with Crippen molar-refractivity contribution in [1.29, 1.82) is 0 Å². The summed E-state index contributed by atoms with van der Waals surface area (Å²) in [6.07, 6.45) is 3.36. The van der Waals surface area contributed by atoms with Crippen molar-refractivity contribution < 1.29 is 14.0 Å². The second kappa shape index (κ2) is 7.96. The van der Waals surface area contributed by atoms with Gasteiger partial charge in [0.15, 0.2) is 0 Å². The number of hydrogen-bond donors (Lipinski definition) is 2. The van der Waals surface area contributed by atoms with Crippen molar-refractivity contribution in [2.45, 2.75) is 32.4 Å². The molecule has 0 aliphatic carbocycles. The highest BCUT2D eigenvalue weighted by Crippen LogP contribution is 2.36. The highest BCUT2D eigenvalue weighted by molar-refractivity contribution is 5.95. The zero-order valence-corrected chi connectivity index (χ0v) is 17.5. The second-order valence-corrected chi connectivity index (χ2v) is 9.03. The highest BCUT2D eigenvalue weighted by Gasteiger charge is 2.39. The minimum absolute atomic E-state index is 0.0564. The number of halogens is 1. The molecule has 0 aromatic heterocycles. The van der Waals surface area contributed by atoms with Gasteiger partial charge in [0.2, 0.25) is 0 Å². The van der Waals surface area contributed by atoms with Gasteiger partial charge >= 0.3 is 6.03 Å². The molecule has 0 bridgehead atoms. The normalized spacial score (nSPS) is 22.6. The Kier molecular flexibility index (Phi) is 5.14. The van der Waals surface area contributed by atoms with Crippen LogP contribution in [0, 0.1) is 11.2 Å². The Bertz CT molecular complexity index is 1000. The minimum atomic E-state index is -0.287. The zero-order chi connectivity index (χ0) is 21.4. The Balaban J connectivity index is 1.20. The average molecular weight is 423 g/mol. The molecule has 6 nitrogen and oxygen atoms in total. The van der Waals surface area contributed by atoms with Crippen molar-refractivity contribution in [3.8, 4) is 0 Å². The number of nitrogens with zero attached hydrogens (tertiary/aromatic N) is 2. The first-order valence-corrected chi connectivity index (χ1v) is 10.9. The molecule has 2 aromatic carbocycles. The lowest BCUT2D eigenvalue weighted by Gasteiger charge is -2.40. The third-order valence-corrected chi connectivity index (χ3v) is 6.84. The van der Waals surface area contributed by atoms with Crippen molar-refractivity contribution in [3.63, 3.8) is 0 Å². The summed E-state index contributed by atoms with van der Waals surface area (Å²) in [5.74, 6) is -0.231. The molecular weight excluding hydrogens is 395 g/mol. The van der Waals surface area contributed by atoms with Crippen LogP contribution in [-0.2, 0) is 13.1 Å². The molecule has 7 heteroatoms. The molecule has 3 heterocycles. The number of nitrogens with one attached hydrogen (secondary N) is 2. The van der Waals surface area contributed by atoms with E-state index in [0.717, 1.165) is 50.1 Å². The molecule has 5 rings (SSSR count). The first kappa shape index (κ1) is 20.0. The number of rotatable bonds is 2. The number of carbonyl (C=O) groups is 2. The first-order chi connectivity index (χ1) is 15.0. The Morgan fingerprint density at radius 3 is 2.58 bits per heavy atom. The molecule has 3 aliphatic rings. The summed E-state index contributed by atoms with van der Waals surface area (Å²) < 4.78 is 13.4. The molecular formula is C24H27FN4O2. The number of likely N-dealkylation sites (tertiary alicyclic amines) is 1. The molecule has 2 N–H and O–H groups in total. The van der Waals surface area contributed by atoms with Crippen LogP contribution in [0.5, 0.6) is 0 Å². The summed E-state index contributed by atoms with van der Waals surface area (Å²) in [5.41, 5.74) is 3.32. The lowest BCUT2D eigenvalue weighted by atomic mass is 9.79. The van der Waals surface area contributed by atoms with Gasteiger partial charge in [-0.3, -0.25) is 4.79 Å². The Morgan fingerprint density at radius 2 is 1.81 bits per heavy atom. The molecule has 1 unspecified atom stereocenters. The number of amides is 3. The van der Waals surface area contributed by atoms with E-state index in [1.54, 1.807) is 35.2 Å². The van der Waals surface area contributed by atoms with E-state index >= 15 is 0 Å². The summed E-state index contributed by atoms with van der Waals surface area (Å²) in [7, 11) is 0. The molecule has 0 radical (unpaired) electrons. The lowest BCUT2D eigenvalue weighted by Crippen LogP contribution is -2.47. The highest BCUT2D eigenvalue weighted by atomic mass is 19.1. The van der Waals surface area contributed by atoms with E-state index in [9.17, 15) is 14.0 Å². The predicted octanol–water partition coefficient (Wildman–Crippen LogP) is 3.59. The van der Waals surface area contributed by atoms with Gasteiger partial charge in [0.1, 0.15) is 5.82 Å². The molecule has 2 fully saturated rings. The van der Waals surface area contributed by atoms with Gasteiger partial charge in [0.05, 0.1) is 0 Å². The third-order valence-electron chi connectivity index (χ3n) is 6.84. The van der Waals surface area contributed by atoms with Crippen LogP contribution in [0.4, 0.5) is 14.9 Å². The van der Waals surface area contributed by atoms with Crippen LogP contribution in [-0.4, -0.2) is 47.9 Å². The summed E-state index contributed by atoms with van der Waals surface area (Å²) in [4.78, 5) is 29.3. The number of piperidine rings is 1. The zero-order valence-electron chi connectivity index (χ0n) is 17.5. The van der Waals surface area contributed by atoms with Gasteiger partial charge in [-0.25, -0.2) is 9.18 Å². The van der Waals surface area contributed by atoms with Crippen molar-refractivity contribution in [2.24, 2.45) is 5.41 Å². The van der Waals surface area contributed by atoms with Crippen molar-refractivity contribution in [2.75, 3.05) is 31.5 Å². The van der Waals surface area contributed by atoms with Gasteiger partial charge in [-0.15, -0.1) is 0 Å². The quantitative estimate of drug-likeness (QED) is 0.778. The van der Waals surface area contributed by atoms with Gasteiger partial charge in [-0.2, -0.15) is 0 Å². The lowest BCUT2D eigenvalue weighted by molar-refractivity contribution is 0.0553. The van der Waals surface area contributed by atoms with Crippen LogP contribution in [0.2, 0.25) is 0 Å². The largest absolute Gasteiger partial charge is 0.338 e. The van der Waals surface area contributed by atoms with Crippen LogP contribution in [0.1, 0.15) is 40.7 Å². The standard InChI is InChI=1S/C24H27FN4O2/c25-20-5-2-18-13-29(14-19(18)12-20)23(31)27-21-6-3-17(4-7-21)22(30)28-11-1-8-24(16-28)9-10-26-15-24/h2-7,12,26H,1,8-11,13-16H2,(H,27,31). The van der Waals surface area contributed by atoms with Crippen molar-refractivity contribution in [3.05, 3.63) is 65.0 Å². The maximum atomic E-state index is 13.4. The van der Waals surface area contributed by atoms with E-state index in [4.69, 9.17) is 0 Å². The average Bonchev–Trinajstić information content (AvgIpc) is 3.40. The fraction of sp³-hybridized carbons (Fsp3) is 0.417. The Labute approximate surface area is 181 Å². The molecule has 31 heavy (non-hydrogen) atoms. The number of carbonyl (C=O) groups excluding carboxylic acids is 2. The van der Waals surface area contributed by atoms with Crippen LogP contribution >= 0.6 is 0 Å². The fourth-order valence-electron chi connectivity index (χ4n) is 5.11. The Morgan fingerprint density at radius 1 is 1.00 bits per heavy atom. The molecule has 1 spiro atoms. The molecule has 162 valence electrons. The summed E-state index contributed by atoms with van der Waals surface area (Å²) in [6, 6.07) is 11.5.